The second-order valence-corrected chi connectivity index (χ2v) is 6.86. The Labute approximate surface area is 145 Å². The number of carbonyl (C=O) groups excluding carboxylic acids is 1. The number of carbonyl (C=O) groups is 1. The number of hydrogen-bond donors (Lipinski definition) is 1. The highest BCUT2D eigenvalue weighted by molar-refractivity contribution is 7.13. The number of aromatic nitrogens is 1. The smallest absolute Gasteiger partial charge is 0.273 e. The van der Waals surface area contributed by atoms with Crippen molar-refractivity contribution in [2.45, 2.75) is 19.8 Å². The molecule has 1 aliphatic heterocycles. The van der Waals surface area contributed by atoms with Crippen molar-refractivity contribution in [1.29, 1.82) is 0 Å². The standard InChI is InChI=1S/C18H22N2O3S/c1-2-9-23-15-5-3-14(4-6-15)17-19-16(12-24-17)18(22)20-8-7-13(10-20)11-21/h3-6,12-13,21H,2,7-11H2,1H3. The van der Waals surface area contributed by atoms with Crippen LogP contribution in [0.3, 0.4) is 0 Å². The van der Waals surface area contributed by atoms with Gasteiger partial charge in [-0.05, 0) is 37.1 Å². The number of rotatable bonds is 6. The van der Waals surface area contributed by atoms with Crippen LogP contribution in [-0.2, 0) is 0 Å². The van der Waals surface area contributed by atoms with Crippen LogP contribution in [0.1, 0.15) is 30.3 Å². The molecule has 0 aliphatic carbocycles. The van der Waals surface area contributed by atoms with Gasteiger partial charge in [0.2, 0.25) is 0 Å². The third kappa shape index (κ3) is 3.76. The Morgan fingerprint density at radius 1 is 1.42 bits per heavy atom. The van der Waals surface area contributed by atoms with Gasteiger partial charge in [0, 0.05) is 36.6 Å². The Hall–Kier alpha value is -1.92. The molecule has 1 aromatic heterocycles. The van der Waals surface area contributed by atoms with Gasteiger partial charge in [0.25, 0.3) is 5.91 Å². The van der Waals surface area contributed by atoms with Crippen LogP contribution in [0.4, 0.5) is 0 Å². The van der Waals surface area contributed by atoms with Crippen molar-refractivity contribution >= 4 is 17.2 Å². The van der Waals surface area contributed by atoms with E-state index >= 15 is 0 Å². The lowest BCUT2D eigenvalue weighted by atomic mass is 10.1. The van der Waals surface area contributed by atoms with Gasteiger partial charge in [0.05, 0.1) is 6.61 Å². The minimum atomic E-state index is -0.0450. The minimum absolute atomic E-state index is 0.0450. The number of nitrogens with zero attached hydrogens (tertiary/aromatic N) is 2. The first-order chi connectivity index (χ1) is 11.7. The van der Waals surface area contributed by atoms with Crippen LogP contribution in [0.25, 0.3) is 10.6 Å². The van der Waals surface area contributed by atoms with Crippen molar-refractivity contribution in [3.63, 3.8) is 0 Å². The number of thiazole rings is 1. The van der Waals surface area contributed by atoms with Gasteiger partial charge < -0.3 is 14.7 Å². The molecule has 1 fully saturated rings. The fourth-order valence-corrected chi connectivity index (χ4v) is 3.55. The predicted octanol–water partition coefficient (Wildman–Crippen LogP) is 3.05. The van der Waals surface area contributed by atoms with Crippen LogP contribution in [0, 0.1) is 5.92 Å². The fourth-order valence-electron chi connectivity index (χ4n) is 2.75. The molecule has 0 radical (unpaired) electrons. The van der Waals surface area contributed by atoms with Gasteiger partial charge in [0.1, 0.15) is 16.5 Å². The highest BCUT2D eigenvalue weighted by Crippen LogP contribution is 2.27. The molecular weight excluding hydrogens is 324 g/mol. The summed E-state index contributed by atoms with van der Waals surface area (Å²) in [6, 6.07) is 7.80. The van der Waals surface area contributed by atoms with E-state index < -0.39 is 0 Å². The van der Waals surface area contributed by atoms with Gasteiger partial charge in [-0.2, -0.15) is 0 Å². The highest BCUT2D eigenvalue weighted by atomic mass is 32.1. The SMILES string of the molecule is CCCOc1ccc(-c2nc(C(=O)N3CCC(CO)C3)cs2)cc1. The summed E-state index contributed by atoms with van der Waals surface area (Å²) in [4.78, 5) is 18.8. The maximum atomic E-state index is 12.5. The number of aliphatic hydroxyl groups excluding tert-OH is 1. The Balaban J connectivity index is 1.68. The predicted molar refractivity (Wildman–Crippen MR) is 94.4 cm³/mol. The summed E-state index contributed by atoms with van der Waals surface area (Å²) in [6.45, 7) is 4.23. The maximum absolute atomic E-state index is 12.5. The quantitative estimate of drug-likeness (QED) is 0.873. The Bertz CT molecular complexity index is 684. The van der Waals surface area contributed by atoms with Crippen molar-refractivity contribution in [1.82, 2.24) is 9.88 Å². The molecule has 0 spiro atoms. The van der Waals surface area contributed by atoms with E-state index in [9.17, 15) is 9.90 Å². The molecule has 1 N–H and O–H groups in total. The average molecular weight is 346 g/mol. The lowest BCUT2D eigenvalue weighted by Gasteiger charge is -2.14. The number of aliphatic hydroxyl groups is 1. The lowest BCUT2D eigenvalue weighted by Crippen LogP contribution is -2.29. The third-order valence-corrected chi connectivity index (χ3v) is 5.02. The molecule has 1 aromatic carbocycles. The van der Waals surface area contributed by atoms with Gasteiger partial charge in [-0.1, -0.05) is 6.92 Å². The molecule has 1 aliphatic rings. The fraction of sp³-hybridized carbons (Fsp3) is 0.444. The Morgan fingerprint density at radius 2 is 2.21 bits per heavy atom. The van der Waals surface area contributed by atoms with E-state index in [1.54, 1.807) is 4.90 Å². The zero-order valence-corrected chi connectivity index (χ0v) is 14.6. The van der Waals surface area contributed by atoms with Gasteiger partial charge in [0.15, 0.2) is 0 Å². The van der Waals surface area contributed by atoms with E-state index in [-0.39, 0.29) is 18.4 Å². The summed E-state index contributed by atoms with van der Waals surface area (Å²) < 4.78 is 5.58. The van der Waals surface area contributed by atoms with Crippen molar-refractivity contribution in [3.05, 3.63) is 35.3 Å². The summed E-state index contributed by atoms with van der Waals surface area (Å²) in [6.07, 6.45) is 1.84. The number of likely N-dealkylation sites (tertiary alicyclic amines) is 1. The van der Waals surface area contributed by atoms with Gasteiger partial charge in [-0.3, -0.25) is 4.79 Å². The van der Waals surface area contributed by atoms with Crippen LogP contribution in [0.5, 0.6) is 5.75 Å². The molecule has 128 valence electrons. The molecule has 2 aromatic rings. The molecule has 1 unspecified atom stereocenters. The molecule has 0 saturated carbocycles. The molecular formula is C18H22N2O3S. The number of benzene rings is 1. The first-order valence-corrected chi connectivity index (χ1v) is 9.18. The van der Waals surface area contributed by atoms with Crippen LogP contribution in [0.2, 0.25) is 0 Å². The van der Waals surface area contributed by atoms with E-state index in [2.05, 4.69) is 11.9 Å². The number of ether oxygens (including phenoxy) is 1. The van der Waals surface area contributed by atoms with Gasteiger partial charge >= 0.3 is 0 Å². The van der Waals surface area contributed by atoms with Crippen molar-refractivity contribution in [2.24, 2.45) is 5.92 Å². The second-order valence-electron chi connectivity index (χ2n) is 6.00. The van der Waals surface area contributed by atoms with Crippen molar-refractivity contribution in [2.75, 3.05) is 26.3 Å². The first-order valence-electron chi connectivity index (χ1n) is 8.30. The monoisotopic (exact) mass is 346 g/mol. The second kappa shape index (κ2) is 7.77. The Morgan fingerprint density at radius 3 is 2.88 bits per heavy atom. The topological polar surface area (TPSA) is 62.7 Å². The molecule has 0 bridgehead atoms. The summed E-state index contributed by atoms with van der Waals surface area (Å²) in [5.41, 5.74) is 1.47. The maximum Gasteiger partial charge on any atom is 0.273 e. The molecule has 3 rings (SSSR count). The van der Waals surface area contributed by atoms with Crippen LogP contribution >= 0.6 is 11.3 Å². The highest BCUT2D eigenvalue weighted by Gasteiger charge is 2.27. The molecule has 1 atom stereocenters. The molecule has 1 amide bonds. The zero-order chi connectivity index (χ0) is 16.9. The molecule has 2 heterocycles. The number of amides is 1. The van der Waals surface area contributed by atoms with Crippen molar-refractivity contribution < 1.29 is 14.6 Å². The summed E-state index contributed by atoms with van der Waals surface area (Å²) in [7, 11) is 0. The average Bonchev–Trinajstić information content (AvgIpc) is 3.29. The van der Waals surface area contributed by atoms with Crippen molar-refractivity contribution in [3.8, 4) is 16.3 Å². The first kappa shape index (κ1) is 16.9. The molecule has 6 heteroatoms. The normalized spacial score (nSPS) is 17.2. The summed E-state index contributed by atoms with van der Waals surface area (Å²) in [5.74, 6) is 1.000. The number of hydrogen-bond acceptors (Lipinski definition) is 5. The van der Waals surface area contributed by atoms with Gasteiger partial charge in [-0.25, -0.2) is 4.98 Å². The van der Waals surface area contributed by atoms with E-state index in [0.717, 1.165) is 29.2 Å². The molecule has 5 nitrogen and oxygen atoms in total. The molecule has 24 heavy (non-hydrogen) atoms. The van der Waals surface area contributed by atoms with Gasteiger partial charge in [-0.15, -0.1) is 11.3 Å². The van der Waals surface area contributed by atoms with Crippen LogP contribution < -0.4 is 4.74 Å². The van der Waals surface area contributed by atoms with Crippen LogP contribution in [0.15, 0.2) is 29.6 Å². The van der Waals surface area contributed by atoms with E-state index in [1.165, 1.54) is 11.3 Å². The van der Waals surface area contributed by atoms with Crippen LogP contribution in [-0.4, -0.2) is 47.2 Å². The largest absolute Gasteiger partial charge is 0.494 e. The summed E-state index contributed by atoms with van der Waals surface area (Å²) in [5, 5.41) is 11.8. The Kier molecular flexibility index (Phi) is 5.48. The zero-order valence-electron chi connectivity index (χ0n) is 13.8. The minimum Gasteiger partial charge on any atom is -0.494 e. The van der Waals surface area contributed by atoms with E-state index in [4.69, 9.17) is 4.74 Å². The molecule has 1 saturated heterocycles. The third-order valence-electron chi connectivity index (χ3n) is 4.13. The lowest BCUT2D eigenvalue weighted by molar-refractivity contribution is 0.0777. The summed E-state index contributed by atoms with van der Waals surface area (Å²) >= 11 is 1.47. The van der Waals surface area contributed by atoms with E-state index in [0.29, 0.717) is 25.4 Å². The van der Waals surface area contributed by atoms with E-state index in [1.807, 2.05) is 29.6 Å².